The van der Waals surface area contributed by atoms with Crippen LogP contribution in [0, 0.1) is 0 Å². The van der Waals surface area contributed by atoms with Crippen LogP contribution in [0.25, 0.3) is 0 Å². The van der Waals surface area contributed by atoms with E-state index in [0.29, 0.717) is 0 Å². The lowest BCUT2D eigenvalue weighted by Gasteiger charge is -2.15. The molecular weight excluding hydrogens is 386 g/mol. The van der Waals surface area contributed by atoms with Crippen LogP contribution in [0.4, 0.5) is 0 Å². The molecule has 0 N–H and O–H groups in total. The van der Waals surface area contributed by atoms with Gasteiger partial charge in [0.15, 0.2) is 0 Å². The highest BCUT2D eigenvalue weighted by molar-refractivity contribution is 8.13. The summed E-state index contributed by atoms with van der Waals surface area (Å²) in [6.07, 6.45) is -0.593. The van der Waals surface area contributed by atoms with E-state index in [4.69, 9.17) is 55.0 Å². The molecule has 0 heterocycles. The Morgan fingerprint density at radius 1 is 1.29 bits per heavy atom. The van der Waals surface area contributed by atoms with Gasteiger partial charge < -0.3 is 9.47 Å². The maximum atomic E-state index is 12.1. The lowest BCUT2D eigenvalue weighted by atomic mass is 10.2. The van der Waals surface area contributed by atoms with E-state index >= 15 is 0 Å². The zero-order valence-corrected chi connectivity index (χ0v) is 14.7. The van der Waals surface area contributed by atoms with E-state index in [0.717, 1.165) is 6.07 Å². The van der Waals surface area contributed by atoms with Crippen molar-refractivity contribution in [3.05, 3.63) is 26.7 Å². The van der Waals surface area contributed by atoms with Crippen molar-refractivity contribution < 1.29 is 22.7 Å². The van der Waals surface area contributed by atoms with Crippen LogP contribution in [0.1, 0.15) is 17.3 Å². The van der Waals surface area contributed by atoms with E-state index in [1.807, 2.05) is 0 Å². The Labute approximate surface area is 141 Å². The first-order valence-electron chi connectivity index (χ1n) is 5.41. The number of carbonyl (C=O) groups is 1. The van der Waals surface area contributed by atoms with Gasteiger partial charge in [-0.2, -0.15) is 0 Å². The van der Waals surface area contributed by atoms with Gasteiger partial charge in [-0.25, -0.2) is 13.2 Å². The third-order valence-electron chi connectivity index (χ3n) is 2.30. The third-order valence-corrected chi connectivity index (χ3v) is 4.94. The SMILES string of the molecule is COCC(C)OC(=O)c1c(Cl)c(Cl)cc(S(=O)(=O)Cl)c1Cl. The minimum absolute atomic E-state index is 0.141. The number of benzene rings is 1. The molecule has 0 saturated heterocycles. The molecule has 118 valence electrons. The van der Waals surface area contributed by atoms with Crippen molar-refractivity contribution in [2.75, 3.05) is 13.7 Å². The van der Waals surface area contributed by atoms with Crippen molar-refractivity contribution in [2.45, 2.75) is 17.9 Å². The molecule has 0 bridgehead atoms. The zero-order chi connectivity index (χ0) is 16.4. The van der Waals surface area contributed by atoms with Gasteiger partial charge in [-0.05, 0) is 13.0 Å². The van der Waals surface area contributed by atoms with Crippen LogP contribution in [0.15, 0.2) is 11.0 Å². The molecule has 0 spiro atoms. The summed E-state index contributed by atoms with van der Waals surface area (Å²) < 4.78 is 32.7. The van der Waals surface area contributed by atoms with Gasteiger partial charge in [0.1, 0.15) is 11.0 Å². The largest absolute Gasteiger partial charge is 0.457 e. The van der Waals surface area contributed by atoms with Crippen LogP contribution in [0.3, 0.4) is 0 Å². The normalized spacial score (nSPS) is 13.0. The maximum absolute atomic E-state index is 12.1. The van der Waals surface area contributed by atoms with Crippen LogP contribution in [-0.2, 0) is 18.5 Å². The number of methoxy groups -OCH3 is 1. The first kappa shape index (κ1) is 18.8. The fraction of sp³-hybridized carbons (Fsp3) is 0.364. The molecule has 1 unspecified atom stereocenters. The number of esters is 1. The number of ether oxygens (including phenoxy) is 2. The number of hydrogen-bond acceptors (Lipinski definition) is 5. The Morgan fingerprint density at radius 2 is 1.86 bits per heavy atom. The smallest absolute Gasteiger partial charge is 0.341 e. The second kappa shape index (κ2) is 7.35. The van der Waals surface area contributed by atoms with Crippen molar-refractivity contribution in [1.29, 1.82) is 0 Å². The summed E-state index contributed by atoms with van der Waals surface area (Å²) in [5, 5.41) is -0.860. The quantitative estimate of drug-likeness (QED) is 0.431. The highest BCUT2D eigenvalue weighted by atomic mass is 35.7. The molecule has 1 atom stereocenters. The molecule has 1 aromatic carbocycles. The molecule has 1 aromatic rings. The van der Waals surface area contributed by atoms with Gasteiger partial charge in [0.25, 0.3) is 9.05 Å². The number of halogens is 4. The zero-order valence-electron chi connectivity index (χ0n) is 10.8. The van der Waals surface area contributed by atoms with Crippen molar-refractivity contribution in [3.63, 3.8) is 0 Å². The Bertz CT molecular complexity index is 659. The minimum Gasteiger partial charge on any atom is -0.457 e. The van der Waals surface area contributed by atoms with Crippen LogP contribution in [-0.4, -0.2) is 34.2 Å². The third kappa shape index (κ3) is 4.61. The fourth-order valence-electron chi connectivity index (χ4n) is 1.45. The number of carbonyl (C=O) groups excluding carboxylic acids is 1. The molecule has 21 heavy (non-hydrogen) atoms. The van der Waals surface area contributed by atoms with Crippen molar-refractivity contribution in [2.24, 2.45) is 0 Å². The summed E-state index contributed by atoms with van der Waals surface area (Å²) >= 11 is 17.6. The second-order valence-electron chi connectivity index (χ2n) is 3.97. The summed E-state index contributed by atoms with van der Waals surface area (Å²) in [7, 11) is 2.46. The van der Waals surface area contributed by atoms with E-state index in [9.17, 15) is 13.2 Å². The molecular formula is C11H10Cl4O5S. The molecule has 0 radical (unpaired) electrons. The summed E-state index contributed by atoms with van der Waals surface area (Å²) in [4.78, 5) is 11.5. The van der Waals surface area contributed by atoms with Gasteiger partial charge in [0, 0.05) is 17.8 Å². The lowest BCUT2D eigenvalue weighted by molar-refractivity contribution is 0.0120. The van der Waals surface area contributed by atoms with E-state index in [1.165, 1.54) is 7.11 Å². The van der Waals surface area contributed by atoms with Gasteiger partial charge in [-0.1, -0.05) is 34.8 Å². The molecule has 5 nitrogen and oxygen atoms in total. The van der Waals surface area contributed by atoms with Gasteiger partial charge >= 0.3 is 5.97 Å². The number of rotatable bonds is 5. The summed E-state index contributed by atoms with van der Waals surface area (Å²) in [6, 6.07) is 0.962. The van der Waals surface area contributed by atoms with Crippen LogP contribution < -0.4 is 0 Å². The molecule has 10 heteroatoms. The van der Waals surface area contributed by atoms with E-state index in [2.05, 4.69) is 0 Å². The Morgan fingerprint density at radius 3 is 2.33 bits per heavy atom. The number of hydrogen-bond donors (Lipinski definition) is 0. The predicted molar refractivity (Wildman–Crippen MR) is 81.3 cm³/mol. The van der Waals surface area contributed by atoms with Crippen LogP contribution >= 0.6 is 45.5 Å². The van der Waals surface area contributed by atoms with Gasteiger partial charge in [0.05, 0.1) is 27.2 Å². The average Bonchev–Trinajstić information content (AvgIpc) is 2.32. The van der Waals surface area contributed by atoms with E-state index in [1.54, 1.807) is 6.92 Å². The summed E-state index contributed by atoms with van der Waals surface area (Å²) in [6.45, 7) is 1.72. The van der Waals surface area contributed by atoms with Crippen molar-refractivity contribution in [1.82, 2.24) is 0 Å². The average molecular weight is 396 g/mol. The highest BCUT2D eigenvalue weighted by Gasteiger charge is 2.27. The summed E-state index contributed by atoms with van der Waals surface area (Å²) in [5.41, 5.74) is -0.368. The predicted octanol–water partition coefficient (Wildman–Crippen LogP) is 3.77. The first-order chi connectivity index (χ1) is 9.59. The molecule has 1 rings (SSSR count). The van der Waals surface area contributed by atoms with E-state index in [-0.39, 0.29) is 22.2 Å². The molecule has 0 saturated carbocycles. The van der Waals surface area contributed by atoms with Gasteiger partial charge in [0.2, 0.25) is 0 Å². The molecule has 0 aliphatic heterocycles. The molecule has 0 fully saturated rings. The first-order valence-corrected chi connectivity index (χ1v) is 8.86. The lowest BCUT2D eigenvalue weighted by Crippen LogP contribution is -2.20. The topological polar surface area (TPSA) is 69.7 Å². The Hall–Kier alpha value is -0.240. The maximum Gasteiger partial charge on any atom is 0.341 e. The van der Waals surface area contributed by atoms with Gasteiger partial charge in [-0.15, -0.1) is 0 Å². The second-order valence-corrected chi connectivity index (χ2v) is 7.67. The van der Waals surface area contributed by atoms with E-state index < -0.39 is 31.0 Å². The van der Waals surface area contributed by atoms with Crippen molar-refractivity contribution >= 4 is 60.5 Å². The monoisotopic (exact) mass is 394 g/mol. The molecule has 0 amide bonds. The summed E-state index contributed by atoms with van der Waals surface area (Å²) in [5.74, 6) is -0.932. The fourth-order valence-corrected chi connectivity index (χ4v) is 3.58. The molecule has 0 aliphatic carbocycles. The highest BCUT2D eigenvalue weighted by Crippen LogP contribution is 2.38. The van der Waals surface area contributed by atoms with Crippen molar-refractivity contribution in [3.8, 4) is 0 Å². The molecule has 0 aromatic heterocycles. The Balaban J connectivity index is 3.36. The van der Waals surface area contributed by atoms with Crippen LogP contribution in [0.2, 0.25) is 15.1 Å². The van der Waals surface area contributed by atoms with Gasteiger partial charge in [-0.3, -0.25) is 0 Å². The van der Waals surface area contributed by atoms with Crippen LogP contribution in [0.5, 0.6) is 0 Å². The standard InChI is InChI=1S/C11H10Cl4O5S/c1-5(4-19-2)20-11(16)8-9(13)6(12)3-7(10(8)14)21(15,17)18/h3,5H,4H2,1-2H3. The molecule has 0 aliphatic rings. The Kier molecular flexibility index (Phi) is 6.58. The minimum atomic E-state index is -4.20.